The number of methoxy groups -OCH3 is 1. The molecule has 25 heavy (non-hydrogen) atoms. The first-order chi connectivity index (χ1) is 12.3. The molecule has 4 rings (SSSR count). The second-order valence-electron chi connectivity index (χ2n) is 6.74. The average Bonchev–Trinajstić information content (AvgIpc) is 3.17. The molecular weight excluding hydrogens is 334 g/mol. The van der Waals surface area contributed by atoms with Crippen molar-refractivity contribution in [3.05, 3.63) is 52.5 Å². The summed E-state index contributed by atoms with van der Waals surface area (Å²) in [5.74, 6) is 0.168. The van der Waals surface area contributed by atoms with Crippen molar-refractivity contribution >= 4 is 17.2 Å². The van der Waals surface area contributed by atoms with Crippen molar-refractivity contribution in [2.45, 2.75) is 31.0 Å². The van der Waals surface area contributed by atoms with Crippen LogP contribution in [-0.2, 0) is 4.74 Å². The van der Waals surface area contributed by atoms with Crippen molar-refractivity contribution in [2.75, 3.05) is 26.7 Å². The predicted octanol–water partition coefficient (Wildman–Crippen LogP) is 2.82. The van der Waals surface area contributed by atoms with Gasteiger partial charge in [0.05, 0.1) is 17.7 Å². The number of carbonyl (C=O) groups is 1. The first-order valence-corrected chi connectivity index (χ1v) is 9.72. The number of piperidine rings is 1. The molecule has 5 nitrogen and oxygen atoms in total. The Bertz CT molecular complexity index is 699. The zero-order chi connectivity index (χ0) is 17.2. The molecule has 2 aromatic rings. The fraction of sp³-hybridized carbons (Fsp3) is 0.474. The number of carbonyl (C=O) groups excluding carboxylic acids is 1. The van der Waals surface area contributed by atoms with Gasteiger partial charge in [0, 0.05) is 50.6 Å². The van der Waals surface area contributed by atoms with Crippen LogP contribution in [-0.4, -0.2) is 59.6 Å². The SMILES string of the molecule is CO[C@H]1CN(C2CCN(C(=O)c3ccsc3)CC2)[C@H]1c1cccnc1. The summed E-state index contributed by atoms with van der Waals surface area (Å²) in [6.07, 6.45) is 6.02. The number of thiophene rings is 1. The maximum absolute atomic E-state index is 12.5. The van der Waals surface area contributed by atoms with E-state index in [9.17, 15) is 4.79 Å². The van der Waals surface area contributed by atoms with Gasteiger partial charge in [-0.15, -0.1) is 0 Å². The number of nitrogens with zero attached hydrogens (tertiary/aromatic N) is 3. The molecule has 0 spiro atoms. The number of amides is 1. The third kappa shape index (κ3) is 3.21. The van der Waals surface area contributed by atoms with Crippen LogP contribution >= 0.6 is 11.3 Å². The van der Waals surface area contributed by atoms with Crippen LogP contribution in [0.1, 0.15) is 34.8 Å². The molecule has 0 N–H and O–H groups in total. The van der Waals surface area contributed by atoms with Gasteiger partial charge in [0.15, 0.2) is 0 Å². The molecule has 2 saturated heterocycles. The largest absolute Gasteiger partial charge is 0.378 e. The minimum Gasteiger partial charge on any atom is -0.378 e. The summed E-state index contributed by atoms with van der Waals surface area (Å²) in [6, 6.07) is 6.81. The first-order valence-electron chi connectivity index (χ1n) is 8.78. The topological polar surface area (TPSA) is 45.7 Å². The summed E-state index contributed by atoms with van der Waals surface area (Å²) in [5, 5.41) is 3.90. The van der Waals surface area contributed by atoms with Gasteiger partial charge in [-0.1, -0.05) is 6.07 Å². The Hall–Kier alpha value is -1.76. The molecule has 2 aliphatic heterocycles. The van der Waals surface area contributed by atoms with Crippen molar-refractivity contribution in [3.8, 4) is 0 Å². The van der Waals surface area contributed by atoms with Crippen molar-refractivity contribution in [2.24, 2.45) is 0 Å². The van der Waals surface area contributed by atoms with E-state index in [1.165, 1.54) is 5.56 Å². The fourth-order valence-electron chi connectivity index (χ4n) is 4.00. The van der Waals surface area contributed by atoms with Crippen molar-refractivity contribution in [3.63, 3.8) is 0 Å². The molecule has 0 bridgehead atoms. The molecule has 0 radical (unpaired) electrons. The number of hydrogen-bond acceptors (Lipinski definition) is 5. The Labute approximate surface area is 152 Å². The third-order valence-electron chi connectivity index (χ3n) is 5.42. The fourth-order valence-corrected chi connectivity index (χ4v) is 4.63. The normalized spacial score (nSPS) is 24.9. The Morgan fingerprint density at radius 2 is 2.16 bits per heavy atom. The zero-order valence-corrected chi connectivity index (χ0v) is 15.2. The summed E-state index contributed by atoms with van der Waals surface area (Å²) >= 11 is 1.58. The molecule has 6 heteroatoms. The third-order valence-corrected chi connectivity index (χ3v) is 6.10. The van der Waals surface area contributed by atoms with Crippen LogP contribution in [0.5, 0.6) is 0 Å². The van der Waals surface area contributed by atoms with Gasteiger partial charge in [-0.05, 0) is 35.9 Å². The minimum absolute atomic E-state index is 0.168. The van der Waals surface area contributed by atoms with E-state index in [0.717, 1.165) is 38.0 Å². The van der Waals surface area contributed by atoms with Gasteiger partial charge in [0.25, 0.3) is 5.91 Å². The van der Waals surface area contributed by atoms with Crippen LogP contribution in [0.2, 0.25) is 0 Å². The van der Waals surface area contributed by atoms with E-state index in [-0.39, 0.29) is 18.1 Å². The van der Waals surface area contributed by atoms with E-state index < -0.39 is 0 Å². The number of ether oxygens (including phenoxy) is 1. The van der Waals surface area contributed by atoms with Crippen molar-refractivity contribution in [1.29, 1.82) is 0 Å². The summed E-state index contributed by atoms with van der Waals surface area (Å²) in [6.45, 7) is 2.61. The molecule has 2 atom stereocenters. The van der Waals surface area contributed by atoms with Gasteiger partial charge in [-0.3, -0.25) is 14.7 Å². The molecule has 0 aliphatic carbocycles. The molecule has 132 valence electrons. The lowest BCUT2D eigenvalue weighted by Gasteiger charge is -2.52. The van der Waals surface area contributed by atoms with Gasteiger partial charge < -0.3 is 9.64 Å². The maximum atomic E-state index is 12.5. The second kappa shape index (κ2) is 7.23. The highest BCUT2D eigenvalue weighted by atomic mass is 32.1. The van der Waals surface area contributed by atoms with Crippen LogP contribution in [0, 0.1) is 0 Å². The standard InChI is InChI=1S/C19H23N3O2S/c1-24-17-12-22(18(17)14-3-2-7-20-11-14)16-4-8-21(9-5-16)19(23)15-6-10-25-13-15/h2-3,6-7,10-11,13,16-18H,4-5,8-9,12H2,1H3/t17-,18-/m0/s1. The molecule has 0 aromatic carbocycles. The summed E-state index contributed by atoms with van der Waals surface area (Å²) < 4.78 is 5.65. The first kappa shape index (κ1) is 16.7. The molecule has 0 unspecified atom stereocenters. The van der Waals surface area contributed by atoms with E-state index in [4.69, 9.17) is 4.74 Å². The molecule has 2 fully saturated rings. The zero-order valence-electron chi connectivity index (χ0n) is 14.4. The number of pyridine rings is 1. The maximum Gasteiger partial charge on any atom is 0.254 e. The Morgan fingerprint density at radius 3 is 2.80 bits per heavy atom. The van der Waals surface area contributed by atoms with E-state index in [2.05, 4.69) is 16.0 Å². The average molecular weight is 357 g/mol. The Kier molecular flexibility index (Phi) is 4.83. The van der Waals surface area contributed by atoms with Gasteiger partial charge in [0.2, 0.25) is 0 Å². The predicted molar refractivity (Wildman–Crippen MR) is 97.7 cm³/mol. The van der Waals surface area contributed by atoms with Gasteiger partial charge in [0.1, 0.15) is 0 Å². The second-order valence-corrected chi connectivity index (χ2v) is 7.52. The number of aromatic nitrogens is 1. The molecule has 0 saturated carbocycles. The van der Waals surface area contributed by atoms with Crippen molar-refractivity contribution in [1.82, 2.24) is 14.8 Å². The quantitative estimate of drug-likeness (QED) is 0.844. The van der Waals surface area contributed by atoms with Gasteiger partial charge in [-0.2, -0.15) is 11.3 Å². The highest BCUT2D eigenvalue weighted by Gasteiger charge is 2.44. The molecule has 2 aromatic heterocycles. The number of likely N-dealkylation sites (tertiary alicyclic amines) is 2. The number of rotatable bonds is 4. The summed E-state index contributed by atoms with van der Waals surface area (Å²) in [5.41, 5.74) is 2.04. The van der Waals surface area contributed by atoms with Crippen molar-refractivity contribution < 1.29 is 9.53 Å². The molecular formula is C19H23N3O2S. The smallest absolute Gasteiger partial charge is 0.254 e. The summed E-state index contributed by atoms with van der Waals surface area (Å²) in [7, 11) is 1.79. The van der Waals surface area contributed by atoms with E-state index in [1.54, 1.807) is 18.4 Å². The summed E-state index contributed by atoms with van der Waals surface area (Å²) in [4.78, 5) is 21.3. The molecule has 4 heterocycles. The monoisotopic (exact) mass is 357 g/mol. The van der Waals surface area contributed by atoms with E-state index >= 15 is 0 Å². The van der Waals surface area contributed by atoms with E-state index in [0.29, 0.717) is 6.04 Å². The lowest BCUT2D eigenvalue weighted by molar-refractivity contribution is -0.115. The van der Waals surface area contributed by atoms with Crippen LogP contribution in [0.4, 0.5) is 0 Å². The molecule has 1 amide bonds. The highest BCUT2D eigenvalue weighted by Crippen LogP contribution is 2.39. The lowest BCUT2D eigenvalue weighted by atomic mass is 9.87. The number of hydrogen-bond donors (Lipinski definition) is 0. The van der Waals surface area contributed by atoms with Crippen LogP contribution in [0.15, 0.2) is 41.4 Å². The Balaban J connectivity index is 1.40. The lowest BCUT2D eigenvalue weighted by Crippen LogP contribution is -2.60. The van der Waals surface area contributed by atoms with Crippen LogP contribution in [0.25, 0.3) is 0 Å². The van der Waals surface area contributed by atoms with Gasteiger partial charge >= 0.3 is 0 Å². The van der Waals surface area contributed by atoms with Crippen LogP contribution in [0.3, 0.4) is 0 Å². The Morgan fingerprint density at radius 1 is 1.32 bits per heavy atom. The van der Waals surface area contributed by atoms with E-state index in [1.807, 2.05) is 40.2 Å². The van der Waals surface area contributed by atoms with Crippen LogP contribution < -0.4 is 0 Å². The molecule has 2 aliphatic rings. The van der Waals surface area contributed by atoms with Gasteiger partial charge in [-0.25, -0.2) is 0 Å². The minimum atomic E-state index is 0.168. The highest BCUT2D eigenvalue weighted by molar-refractivity contribution is 7.08.